The summed E-state index contributed by atoms with van der Waals surface area (Å²) in [5.41, 5.74) is 2.10. The van der Waals surface area contributed by atoms with E-state index in [4.69, 9.17) is 18.9 Å². The van der Waals surface area contributed by atoms with E-state index in [1.165, 1.54) is 28.4 Å². The van der Waals surface area contributed by atoms with Crippen molar-refractivity contribution in [1.82, 2.24) is 0 Å². The molecule has 4 amide bonds. The molecule has 10 nitrogen and oxygen atoms in total. The lowest BCUT2D eigenvalue weighted by molar-refractivity contribution is 0.261. The van der Waals surface area contributed by atoms with Crippen LogP contribution in [0.5, 0.6) is 23.0 Å². The van der Waals surface area contributed by atoms with Gasteiger partial charge in [-0.3, -0.25) is 0 Å². The molecule has 0 saturated carbocycles. The van der Waals surface area contributed by atoms with Crippen LogP contribution in [0.3, 0.4) is 0 Å². The van der Waals surface area contributed by atoms with Crippen LogP contribution in [-0.2, 0) is 0 Å². The normalized spacial score (nSPS) is 10.0. The minimum Gasteiger partial charge on any atom is -0.497 e. The number of carbonyl (C=O) groups excluding carboxylic acids is 2. The summed E-state index contributed by atoms with van der Waals surface area (Å²) in [4.78, 5) is 24.7. The Kier molecular flexibility index (Phi) is 8.01. The summed E-state index contributed by atoms with van der Waals surface area (Å²) in [5, 5.41) is 10.9. The topological polar surface area (TPSA) is 119 Å². The number of rotatable bonds is 8. The Bertz CT molecular complexity index is 1020. The first-order valence-corrected chi connectivity index (χ1v) is 10.1. The molecular weight excluding hydrogens is 440 g/mol. The van der Waals surface area contributed by atoms with Gasteiger partial charge in [0.1, 0.15) is 23.0 Å². The quantitative estimate of drug-likeness (QED) is 0.371. The van der Waals surface area contributed by atoms with Gasteiger partial charge in [0.2, 0.25) is 0 Å². The molecule has 0 radical (unpaired) electrons. The van der Waals surface area contributed by atoms with Gasteiger partial charge in [-0.15, -0.1) is 0 Å². The third-order valence-corrected chi connectivity index (χ3v) is 4.62. The Hall–Kier alpha value is -4.60. The second kappa shape index (κ2) is 11.3. The van der Waals surface area contributed by atoms with Crippen LogP contribution < -0.4 is 40.2 Å². The summed E-state index contributed by atoms with van der Waals surface area (Å²) in [5.74, 6) is 2.21. The van der Waals surface area contributed by atoms with Crippen LogP contribution in [0.1, 0.15) is 0 Å². The van der Waals surface area contributed by atoms with E-state index in [0.717, 1.165) is 0 Å². The molecule has 0 heterocycles. The van der Waals surface area contributed by atoms with Crippen LogP contribution in [-0.4, -0.2) is 40.5 Å². The minimum atomic E-state index is -0.444. The van der Waals surface area contributed by atoms with Crippen LogP contribution in [0.4, 0.5) is 32.3 Å². The predicted molar refractivity (Wildman–Crippen MR) is 131 cm³/mol. The Labute approximate surface area is 197 Å². The van der Waals surface area contributed by atoms with E-state index in [1.807, 2.05) is 0 Å². The van der Waals surface area contributed by atoms with Crippen molar-refractivity contribution < 1.29 is 28.5 Å². The molecule has 10 heteroatoms. The molecule has 3 aromatic rings. The molecule has 178 valence electrons. The van der Waals surface area contributed by atoms with E-state index in [1.54, 1.807) is 60.7 Å². The average molecular weight is 466 g/mol. The summed E-state index contributed by atoms with van der Waals surface area (Å²) in [6, 6.07) is 15.9. The van der Waals surface area contributed by atoms with Gasteiger partial charge >= 0.3 is 12.1 Å². The molecule has 0 aliphatic carbocycles. The molecule has 3 aromatic carbocycles. The van der Waals surface area contributed by atoms with Crippen LogP contribution >= 0.6 is 0 Å². The maximum Gasteiger partial charge on any atom is 0.323 e. The lowest BCUT2D eigenvalue weighted by Crippen LogP contribution is -2.20. The molecule has 4 N–H and O–H groups in total. The Morgan fingerprint density at radius 3 is 1.00 bits per heavy atom. The molecule has 0 aliphatic rings. The van der Waals surface area contributed by atoms with E-state index in [-0.39, 0.29) is 0 Å². The van der Waals surface area contributed by atoms with Gasteiger partial charge in [-0.2, -0.15) is 0 Å². The van der Waals surface area contributed by atoms with Crippen molar-refractivity contribution in [2.45, 2.75) is 0 Å². The van der Waals surface area contributed by atoms with Crippen LogP contribution in [0.2, 0.25) is 0 Å². The monoisotopic (exact) mass is 466 g/mol. The van der Waals surface area contributed by atoms with Gasteiger partial charge in [0.25, 0.3) is 0 Å². The van der Waals surface area contributed by atoms with Gasteiger partial charge in [-0.1, -0.05) is 0 Å². The van der Waals surface area contributed by atoms with Crippen molar-refractivity contribution in [3.8, 4) is 23.0 Å². The summed E-state index contributed by atoms with van der Waals surface area (Å²) in [6.45, 7) is 0. The number of hydrogen-bond acceptors (Lipinski definition) is 6. The summed E-state index contributed by atoms with van der Waals surface area (Å²) in [6.07, 6.45) is 0. The maximum absolute atomic E-state index is 12.3. The molecule has 0 spiro atoms. The van der Waals surface area contributed by atoms with Crippen molar-refractivity contribution in [3.05, 3.63) is 60.7 Å². The second-order valence-electron chi connectivity index (χ2n) is 6.94. The van der Waals surface area contributed by atoms with Crippen LogP contribution in [0, 0.1) is 0 Å². The first-order chi connectivity index (χ1) is 16.4. The number of nitrogens with one attached hydrogen (secondary N) is 4. The van der Waals surface area contributed by atoms with Crippen molar-refractivity contribution >= 4 is 34.8 Å². The van der Waals surface area contributed by atoms with Gasteiger partial charge in [0.15, 0.2) is 0 Å². The van der Waals surface area contributed by atoms with E-state index in [0.29, 0.717) is 45.7 Å². The highest BCUT2D eigenvalue weighted by atomic mass is 16.5. The fourth-order valence-electron chi connectivity index (χ4n) is 2.98. The van der Waals surface area contributed by atoms with Crippen molar-refractivity contribution in [3.63, 3.8) is 0 Å². The highest BCUT2D eigenvalue weighted by Crippen LogP contribution is 2.27. The van der Waals surface area contributed by atoms with Gasteiger partial charge in [-0.25, -0.2) is 9.59 Å². The third kappa shape index (κ3) is 6.70. The molecule has 0 bridgehead atoms. The third-order valence-electron chi connectivity index (χ3n) is 4.62. The van der Waals surface area contributed by atoms with Crippen LogP contribution in [0.25, 0.3) is 0 Å². The number of urea groups is 2. The number of ether oxygens (including phenoxy) is 4. The SMILES string of the molecule is COc1cc(NC(=O)Nc2ccc(NC(=O)Nc3cc(OC)cc(OC)c3)cc2)cc(OC)c1. The summed E-state index contributed by atoms with van der Waals surface area (Å²) < 4.78 is 20.8. The smallest absolute Gasteiger partial charge is 0.323 e. The molecular formula is C24H26N4O6. The molecule has 0 saturated heterocycles. The predicted octanol–water partition coefficient (Wildman–Crippen LogP) is 5.01. The average Bonchev–Trinajstić information content (AvgIpc) is 2.84. The fourth-order valence-corrected chi connectivity index (χ4v) is 2.98. The first kappa shape index (κ1) is 24.1. The largest absolute Gasteiger partial charge is 0.497 e. The molecule has 0 aromatic heterocycles. The Morgan fingerprint density at radius 1 is 0.471 bits per heavy atom. The number of benzene rings is 3. The summed E-state index contributed by atoms with van der Waals surface area (Å²) >= 11 is 0. The van der Waals surface area contributed by atoms with Gasteiger partial charge in [0, 0.05) is 59.1 Å². The van der Waals surface area contributed by atoms with Crippen molar-refractivity contribution in [2.75, 3.05) is 49.7 Å². The number of anilines is 4. The molecule has 3 rings (SSSR count). The van der Waals surface area contributed by atoms with E-state index in [9.17, 15) is 9.59 Å². The standard InChI is InChI=1S/C24H26N4O6/c1-31-19-9-17(10-20(13-19)32-2)27-23(29)25-15-5-7-16(8-6-15)26-24(30)28-18-11-21(33-3)14-22(12-18)34-4/h5-14H,1-4H3,(H2,25,27,29)(H2,26,28,30). The van der Waals surface area contributed by atoms with Crippen molar-refractivity contribution in [1.29, 1.82) is 0 Å². The number of carbonyl (C=O) groups is 2. The Balaban J connectivity index is 1.57. The second-order valence-corrected chi connectivity index (χ2v) is 6.94. The van der Waals surface area contributed by atoms with Gasteiger partial charge in [-0.05, 0) is 24.3 Å². The highest BCUT2D eigenvalue weighted by Gasteiger charge is 2.09. The maximum atomic E-state index is 12.3. The Morgan fingerprint density at radius 2 is 0.735 bits per heavy atom. The minimum absolute atomic E-state index is 0.444. The number of hydrogen-bond donors (Lipinski definition) is 4. The molecule has 0 fully saturated rings. The lowest BCUT2D eigenvalue weighted by atomic mass is 10.2. The number of methoxy groups -OCH3 is 4. The van der Waals surface area contributed by atoms with E-state index in [2.05, 4.69) is 21.3 Å². The summed E-state index contributed by atoms with van der Waals surface area (Å²) in [7, 11) is 6.12. The zero-order valence-corrected chi connectivity index (χ0v) is 19.2. The molecule has 0 unspecified atom stereocenters. The molecule has 34 heavy (non-hydrogen) atoms. The van der Waals surface area contributed by atoms with Gasteiger partial charge in [0.05, 0.1) is 28.4 Å². The van der Waals surface area contributed by atoms with Crippen LogP contribution in [0.15, 0.2) is 60.7 Å². The number of amides is 4. The first-order valence-electron chi connectivity index (χ1n) is 10.1. The van der Waals surface area contributed by atoms with E-state index < -0.39 is 12.1 Å². The fraction of sp³-hybridized carbons (Fsp3) is 0.167. The van der Waals surface area contributed by atoms with Crippen molar-refractivity contribution in [2.24, 2.45) is 0 Å². The lowest BCUT2D eigenvalue weighted by Gasteiger charge is -2.12. The molecule has 0 atom stereocenters. The van der Waals surface area contributed by atoms with E-state index >= 15 is 0 Å². The highest BCUT2D eigenvalue weighted by molar-refractivity contribution is 6.01. The van der Waals surface area contributed by atoms with Gasteiger partial charge < -0.3 is 40.2 Å². The zero-order valence-electron chi connectivity index (χ0n) is 19.2. The zero-order chi connectivity index (χ0) is 24.5. The molecule has 0 aliphatic heterocycles.